The molecule has 100 valence electrons. The van der Waals surface area contributed by atoms with Crippen molar-refractivity contribution in [2.75, 3.05) is 26.3 Å². The van der Waals surface area contributed by atoms with E-state index in [1.165, 1.54) is 12.1 Å². The molecule has 5 heteroatoms. The standard InChI is InChI=1S/C13H18FNO3/c1-2-17-13(16)7-8-15-9-10-18-12-5-3-11(14)4-6-12/h3-6,15H,2,7-10H2,1H3. The van der Waals surface area contributed by atoms with Gasteiger partial charge in [-0.15, -0.1) is 0 Å². The van der Waals surface area contributed by atoms with Crippen molar-refractivity contribution in [1.82, 2.24) is 5.32 Å². The summed E-state index contributed by atoms with van der Waals surface area (Å²) in [5.41, 5.74) is 0. The van der Waals surface area contributed by atoms with Crippen molar-refractivity contribution in [1.29, 1.82) is 0 Å². The Hall–Kier alpha value is -1.62. The van der Waals surface area contributed by atoms with Gasteiger partial charge in [0.25, 0.3) is 0 Å². The number of carbonyl (C=O) groups is 1. The van der Waals surface area contributed by atoms with Gasteiger partial charge in [-0.1, -0.05) is 0 Å². The van der Waals surface area contributed by atoms with Gasteiger partial charge in [0.15, 0.2) is 0 Å². The van der Waals surface area contributed by atoms with Crippen LogP contribution in [0.2, 0.25) is 0 Å². The molecule has 0 aliphatic carbocycles. The maximum Gasteiger partial charge on any atom is 0.307 e. The molecular formula is C13H18FNO3. The summed E-state index contributed by atoms with van der Waals surface area (Å²) in [7, 11) is 0. The molecule has 0 aromatic heterocycles. The number of halogens is 1. The molecule has 0 heterocycles. The van der Waals surface area contributed by atoms with E-state index < -0.39 is 0 Å². The largest absolute Gasteiger partial charge is 0.492 e. The van der Waals surface area contributed by atoms with Gasteiger partial charge >= 0.3 is 5.97 Å². The molecule has 1 aromatic rings. The number of benzene rings is 1. The van der Waals surface area contributed by atoms with Crippen LogP contribution >= 0.6 is 0 Å². The molecule has 18 heavy (non-hydrogen) atoms. The summed E-state index contributed by atoms with van der Waals surface area (Å²) in [5, 5.41) is 3.06. The van der Waals surface area contributed by atoms with Crippen LogP contribution in [0.1, 0.15) is 13.3 Å². The average molecular weight is 255 g/mol. The summed E-state index contributed by atoms with van der Waals surface area (Å²) >= 11 is 0. The number of esters is 1. The van der Waals surface area contributed by atoms with Gasteiger partial charge in [-0.3, -0.25) is 4.79 Å². The molecule has 1 rings (SSSR count). The van der Waals surface area contributed by atoms with Crippen molar-refractivity contribution in [2.45, 2.75) is 13.3 Å². The maximum absolute atomic E-state index is 12.6. The van der Waals surface area contributed by atoms with E-state index in [0.29, 0.717) is 38.5 Å². The van der Waals surface area contributed by atoms with E-state index in [4.69, 9.17) is 9.47 Å². The van der Waals surface area contributed by atoms with Gasteiger partial charge in [-0.25, -0.2) is 4.39 Å². The zero-order valence-corrected chi connectivity index (χ0v) is 10.4. The highest BCUT2D eigenvalue weighted by atomic mass is 19.1. The van der Waals surface area contributed by atoms with Gasteiger partial charge < -0.3 is 14.8 Å². The second-order valence-corrected chi connectivity index (χ2v) is 3.61. The van der Waals surface area contributed by atoms with Crippen LogP contribution in [0.3, 0.4) is 0 Å². The second kappa shape index (κ2) is 8.47. The number of hydrogen-bond acceptors (Lipinski definition) is 4. The van der Waals surface area contributed by atoms with E-state index in [1.54, 1.807) is 19.1 Å². The number of carbonyl (C=O) groups excluding carboxylic acids is 1. The van der Waals surface area contributed by atoms with Crippen molar-refractivity contribution in [3.63, 3.8) is 0 Å². The fourth-order valence-corrected chi connectivity index (χ4v) is 1.32. The molecule has 0 saturated carbocycles. The molecule has 0 aliphatic rings. The minimum Gasteiger partial charge on any atom is -0.492 e. The first-order chi connectivity index (χ1) is 8.72. The Bertz CT molecular complexity index is 354. The summed E-state index contributed by atoms with van der Waals surface area (Å²) < 4.78 is 22.8. The van der Waals surface area contributed by atoms with Gasteiger partial charge in [0.1, 0.15) is 18.2 Å². The Kier molecular flexibility index (Phi) is 6.79. The highest BCUT2D eigenvalue weighted by molar-refractivity contribution is 5.69. The molecule has 0 bridgehead atoms. The minimum atomic E-state index is -0.282. The van der Waals surface area contributed by atoms with Crippen molar-refractivity contribution < 1.29 is 18.7 Å². The molecule has 1 aromatic carbocycles. The first-order valence-corrected chi connectivity index (χ1v) is 5.97. The summed E-state index contributed by atoms with van der Waals surface area (Å²) in [6.45, 7) is 3.84. The van der Waals surface area contributed by atoms with E-state index in [0.717, 1.165) is 0 Å². The lowest BCUT2D eigenvalue weighted by Gasteiger charge is -2.07. The molecule has 0 spiro atoms. The monoisotopic (exact) mass is 255 g/mol. The molecular weight excluding hydrogens is 237 g/mol. The van der Waals surface area contributed by atoms with E-state index in [2.05, 4.69) is 5.32 Å². The first kappa shape index (κ1) is 14.4. The quantitative estimate of drug-likeness (QED) is 0.568. The van der Waals surface area contributed by atoms with Gasteiger partial charge in [0.2, 0.25) is 0 Å². The van der Waals surface area contributed by atoms with Crippen molar-refractivity contribution in [3.8, 4) is 5.75 Å². The van der Waals surface area contributed by atoms with E-state index in [-0.39, 0.29) is 11.8 Å². The Morgan fingerprint density at radius 1 is 1.28 bits per heavy atom. The van der Waals surface area contributed by atoms with Gasteiger partial charge in [-0.2, -0.15) is 0 Å². The predicted octanol–water partition coefficient (Wildman–Crippen LogP) is 1.75. The average Bonchev–Trinajstić information content (AvgIpc) is 2.36. The third-order valence-electron chi connectivity index (χ3n) is 2.17. The summed E-state index contributed by atoms with van der Waals surface area (Å²) in [4.78, 5) is 11.0. The van der Waals surface area contributed by atoms with Crippen molar-refractivity contribution in [2.24, 2.45) is 0 Å². The lowest BCUT2D eigenvalue weighted by atomic mass is 10.3. The Morgan fingerprint density at radius 3 is 2.67 bits per heavy atom. The van der Waals surface area contributed by atoms with Crippen LogP contribution in [0.4, 0.5) is 4.39 Å². The molecule has 0 atom stereocenters. The summed E-state index contributed by atoms with van der Waals surface area (Å²) in [6.07, 6.45) is 0.352. The third kappa shape index (κ3) is 6.20. The summed E-state index contributed by atoms with van der Waals surface area (Å²) in [5.74, 6) is 0.142. The van der Waals surface area contributed by atoms with Crippen LogP contribution in [-0.4, -0.2) is 32.3 Å². The molecule has 0 fully saturated rings. The number of hydrogen-bond donors (Lipinski definition) is 1. The van der Waals surface area contributed by atoms with Crippen LogP contribution in [0, 0.1) is 5.82 Å². The third-order valence-corrected chi connectivity index (χ3v) is 2.17. The predicted molar refractivity (Wildman–Crippen MR) is 66.0 cm³/mol. The Balaban J connectivity index is 2.02. The molecule has 0 saturated heterocycles. The molecule has 4 nitrogen and oxygen atoms in total. The maximum atomic E-state index is 12.6. The van der Waals surface area contributed by atoms with E-state index >= 15 is 0 Å². The van der Waals surface area contributed by atoms with Gasteiger partial charge in [-0.05, 0) is 31.2 Å². The normalized spacial score (nSPS) is 10.1. The topological polar surface area (TPSA) is 47.6 Å². The van der Waals surface area contributed by atoms with Crippen LogP contribution < -0.4 is 10.1 Å². The van der Waals surface area contributed by atoms with Gasteiger partial charge in [0.05, 0.1) is 13.0 Å². The first-order valence-electron chi connectivity index (χ1n) is 5.97. The SMILES string of the molecule is CCOC(=O)CCNCCOc1ccc(F)cc1. The Labute approximate surface area is 106 Å². The highest BCUT2D eigenvalue weighted by Gasteiger charge is 2.00. The smallest absolute Gasteiger partial charge is 0.307 e. The molecule has 0 unspecified atom stereocenters. The van der Waals surface area contributed by atoms with E-state index in [1.807, 2.05) is 0 Å². The molecule has 1 N–H and O–H groups in total. The minimum absolute atomic E-state index is 0.204. The fourth-order valence-electron chi connectivity index (χ4n) is 1.32. The number of nitrogens with one attached hydrogen (secondary N) is 1. The molecule has 0 radical (unpaired) electrons. The van der Waals surface area contributed by atoms with Crippen LogP contribution in [0.15, 0.2) is 24.3 Å². The van der Waals surface area contributed by atoms with E-state index in [9.17, 15) is 9.18 Å². The van der Waals surface area contributed by atoms with Crippen molar-refractivity contribution >= 4 is 5.97 Å². The fraction of sp³-hybridized carbons (Fsp3) is 0.462. The zero-order chi connectivity index (χ0) is 13.2. The van der Waals surface area contributed by atoms with Crippen LogP contribution in [-0.2, 0) is 9.53 Å². The van der Waals surface area contributed by atoms with Crippen LogP contribution in [0.5, 0.6) is 5.75 Å². The highest BCUT2D eigenvalue weighted by Crippen LogP contribution is 2.10. The molecule has 0 amide bonds. The summed E-state index contributed by atoms with van der Waals surface area (Å²) in [6, 6.07) is 5.86. The van der Waals surface area contributed by atoms with Crippen LogP contribution in [0.25, 0.3) is 0 Å². The Morgan fingerprint density at radius 2 is 2.00 bits per heavy atom. The number of ether oxygens (including phenoxy) is 2. The zero-order valence-electron chi connectivity index (χ0n) is 10.4. The van der Waals surface area contributed by atoms with Crippen molar-refractivity contribution in [3.05, 3.63) is 30.1 Å². The lowest BCUT2D eigenvalue weighted by molar-refractivity contribution is -0.142. The van der Waals surface area contributed by atoms with Gasteiger partial charge in [0, 0.05) is 13.1 Å². The second-order valence-electron chi connectivity index (χ2n) is 3.61. The number of rotatable bonds is 8. The lowest BCUT2D eigenvalue weighted by Crippen LogP contribution is -2.24. The molecule has 0 aliphatic heterocycles.